The molecule has 2 aromatic carbocycles. The Kier molecular flexibility index (Phi) is 7.55. The van der Waals surface area contributed by atoms with E-state index in [2.05, 4.69) is 43.9 Å². The lowest BCUT2D eigenvalue weighted by atomic mass is 10.2. The van der Waals surface area contributed by atoms with Gasteiger partial charge in [0.15, 0.2) is 5.13 Å². The van der Waals surface area contributed by atoms with Crippen molar-refractivity contribution in [2.45, 2.75) is 27.2 Å². The largest absolute Gasteiger partial charge is 0.302 e. The van der Waals surface area contributed by atoms with E-state index in [1.807, 2.05) is 41.3 Å². The minimum absolute atomic E-state index is 0.0317. The fourth-order valence-corrected chi connectivity index (χ4v) is 4.26. The SMILES string of the molecule is CCc1ccc2nc(N(CCN(CC)CC)C(=O)/C=C/c3ccccc3)sc2c1. The van der Waals surface area contributed by atoms with Crippen LogP contribution in [0.25, 0.3) is 16.3 Å². The second-order valence-electron chi connectivity index (χ2n) is 6.91. The molecule has 0 saturated carbocycles. The summed E-state index contributed by atoms with van der Waals surface area (Å²) in [5.74, 6) is -0.0317. The van der Waals surface area contributed by atoms with Gasteiger partial charge in [0, 0.05) is 19.2 Å². The van der Waals surface area contributed by atoms with Crippen LogP contribution >= 0.6 is 11.3 Å². The lowest BCUT2D eigenvalue weighted by Crippen LogP contribution is -2.38. The second kappa shape index (κ2) is 10.3. The van der Waals surface area contributed by atoms with Gasteiger partial charge in [0.25, 0.3) is 5.91 Å². The Morgan fingerprint density at radius 2 is 1.79 bits per heavy atom. The average Bonchev–Trinajstić information content (AvgIpc) is 3.18. The highest BCUT2D eigenvalue weighted by molar-refractivity contribution is 7.22. The molecule has 0 N–H and O–H groups in total. The van der Waals surface area contributed by atoms with Gasteiger partial charge < -0.3 is 4.90 Å². The van der Waals surface area contributed by atoms with E-state index in [0.29, 0.717) is 6.54 Å². The van der Waals surface area contributed by atoms with Gasteiger partial charge >= 0.3 is 0 Å². The normalized spacial score (nSPS) is 11.6. The van der Waals surface area contributed by atoms with Crippen molar-refractivity contribution >= 4 is 38.7 Å². The first kappa shape index (κ1) is 21.2. The third-order valence-corrected chi connectivity index (χ3v) is 6.14. The predicted molar refractivity (Wildman–Crippen MR) is 125 cm³/mol. The van der Waals surface area contributed by atoms with E-state index in [0.717, 1.165) is 47.0 Å². The molecule has 0 aliphatic rings. The minimum atomic E-state index is -0.0317. The van der Waals surface area contributed by atoms with Crippen molar-refractivity contribution in [3.8, 4) is 0 Å². The van der Waals surface area contributed by atoms with Crippen molar-refractivity contribution in [2.24, 2.45) is 0 Å². The Labute approximate surface area is 177 Å². The van der Waals surface area contributed by atoms with Crippen LogP contribution in [-0.4, -0.2) is 42.0 Å². The van der Waals surface area contributed by atoms with Crippen LogP contribution in [0.15, 0.2) is 54.6 Å². The fraction of sp³-hybridized carbons (Fsp3) is 0.333. The first-order chi connectivity index (χ1) is 14.1. The van der Waals surface area contributed by atoms with Crippen molar-refractivity contribution in [1.29, 1.82) is 0 Å². The van der Waals surface area contributed by atoms with Gasteiger partial charge in [0.1, 0.15) is 0 Å². The zero-order chi connectivity index (χ0) is 20.6. The number of aryl methyl sites for hydroxylation is 1. The zero-order valence-electron chi connectivity index (χ0n) is 17.5. The molecule has 3 rings (SSSR count). The maximum absolute atomic E-state index is 13.1. The molecule has 0 saturated heterocycles. The monoisotopic (exact) mass is 407 g/mol. The van der Waals surface area contributed by atoms with Gasteiger partial charge in [-0.05, 0) is 48.8 Å². The number of nitrogens with zero attached hydrogens (tertiary/aromatic N) is 3. The van der Waals surface area contributed by atoms with Crippen LogP contribution in [-0.2, 0) is 11.2 Å². The van der Waals surface area contributed by atoms with Gasteiger partial charge in [-0.25, -0.2) is 4.98 Å². The molecule has 152 valence electrons. The van der Waals surface area contributed by atoms with Gasteiger partial charge in [-0.1, -0.05) is 68.5 Å². The molecule has 1 amide bonds. The number of amides is 1. The third kappa shape index (κ3) is 5.52. The highest BCUT2D eigenvalue weighted by Crippen LogP contribution is 2.30. The number of hydrogen-bond acceptors (Lipinski definition) is 4. The van der Waals surface area contributed by atoms with Crippen LogP contribution in [0.4, 0.5) is 5.13 Å². The quantitative estimate of drug-likeness (QED) is 0.455. The van der Waals surface area contributed by atoms with Gasteiger partial charge in [0.05, 0.1) is 10.2 Å². The summed E-state index contributed by atoms with van der Waals surface area (Å²) in [6.07, 6.45) is 4.52. The van der Waals surface area contributed by atoms with Gasteiger partial charge in [0.2, 0.25) is 0 Å². The van der Waals surface area contributed by atoms with E-state index in [1.165, 1.54) is 5.56 Å². The lowest BCUT2D eigenvalue weighted by molar-refractivity contribution is -0.114. The molecule has 0 radical (unpaired) electrons. The molecule has 3 aromatic rings. The number of aromatic nitrogens is 1. The maximum atomic E-state index is 13.1. The molecular formula is C24H29N3OS. The van der Waals surface area contributed by atoms with Crippen LogP contribution in [0.2, 0.25) is 0 Å². The van der Waals surface area contributed by atoms with Crippen molar-refractivity contribution < 1.29 is 4.79 Å². The number of anilines is 1. The summed E-state index contributed by atoms with van der Waals surface area (Å²) in [5.41, 5.74) is 3.26. The van der Waals surface area contributed by atoms with Crippen LogP contribution in [0.1, 0.15) is 31.9 Å². The van der Waals surface area contributed by atoms with Crippen LogP contribution in [0.5, 0.6) is 0 Å². The molecule has 4 nitrogen and oxygen atoms in total. The Hall–Kier alpha value is -2.50. The van der Waals surface area contributed by atoms with Crippen LogP contribution in [0.3, 0.4) is 0 Å². The molecule has 0 aliphatic heterocycles. The second-order valence-corrected chi connectivity index (χ2v) is 7.92. The van der Waals surface area contributed by atoms with Gasteiger partial charge in [-0.2, -0.15) is 0 Å². The van der Waals surface area contributed by atoms with Crippen molar-refractivity contribution in [2.75, 3.05) is 31.1 Å². The first-order valence-corrected chi connectivity index (χ1v) is 11.1. The Morgan fingerprint density at radius 1 is 1.03 bits per heavy atom. The summed E-state index contributed by atoms with van der Waals surface area (Å²) in [6, 6.07) is 16.3. The van der Waals surface area contributed by atoms with E-state index in [4.69, 9.17) is 4.98 Å². The first-order valence-electron chi connectivity index (χ1n) is 10.3. The molecule has 0 fully saturated rings. The summed E-state index contributed by atoms with van der Waals surface area (Å²) >= 11 is 1.59. The molecule has 0 atom stereocenters. The molecule has 0 aliphatic carbocycles. The van der Waals surface area contributed by atoms with E-state index in [9.17, 15) is 4.79 Å². The summed E-state index contributed by atoms with van der Waals surface area (Å²) in [7, 11) is 0. The molecule has 0 unspecified atom stereocenters. The van der Waals surface area contributed by atoms with Crippen LogP contribution < -0.4 is 4.90 Å². The number of thiazole rings is 1. The number of carbonyl (C=O) groups is 1. The molecule has 0 bridgehead atoms. The highest BCUT2D eigenvalue weighted by Gasteiger charge is 2.18. The summed E-state index contributed by atoms with van der Waals surface area (Å²) in [4.78, 5) is 22.0. The van der Waals surface area contributed by atoms with Crippen molar-refractivity contribution in [3.05, 3.63) is 65.7 Å². The van der Waals surface area contributed by atoms with E-state index >= 15 is 0 Å². The van der Waals surface area contributed by atoms with E-state index in [-0.39, 0.29) is 5.91 Å². The molecule has 5 heteroatoms. The zero-order valence-corrected chi connectivity index (χ0v) is 18.3. The minimum Gasteiger partial charge on any atom is -0.302 e. The summed E-state index contributed by atoms with van der Waals surface area (Å²) in [5, 5.41) is 0.767. The summed E-state index contributed by atoms with van der Waals surface area (Å²) in [6.45, 7) is 9.84. The number of fused-ring (bicyclic) bond motifs is 1. The third-order valence-electron chi connectivity index (χ3n) is 5.10. The van der Waals surface area contributed by atoms with E-state index < -0.39 is 0 Å². The lowest BCUT2D eigenvalue weighted by Gasteiger charge is -2.23. The molecule has 29 heavy (non-hydrogen) atoms. The van der Waals surface area contributed by atoms with Gasteiger partial charge in [-0.3, -0.25) is 9.69 Å². The maximum Gasteiger partial charge on any atom is 0.252 e. The van der Waals surface area contributed by atoms with Crippen molar-refractivity contribution in [1.82, 2.24) is 9.88 Å². The smallest absolute Gasteiger partial charge is 0.252 e. The predicted octanol–water partition coefficient (Wildman–Crippen LogP) is 5.25. The topological polar surface area (TPSA) is 36.4 Å². The molecule has 1 aromatic heterocycles. The molecule has 0 spiro atoms. The average molecular weight is 408 g/mol. The van der Waals surface area contributed by atoms with Crippen molar-refractivity contribution in [3.63, 3.8) is 0 Å². The highest BCUT2D eigenvalue weighted by atomic mass is 32.1. The number of hydrogen-bond donors (Lipinski definition) is 0. The molecule has 1 heterocycles. The molecular weight excluding hydrogens is 378 g/mol. The van der Waals surface area contributed by atoms with Gasteiger partial charge in [-0.15, -0.1) is 0 Å². The number of benzene rings is 2. The number of rotatable bonds is 9. The van der Waals surface area contributed by atoms with Crippen LogP contribution in [0, 0.1) is 0 Å². The Bertz CT molecular complexity index is 961. The Balaban J connectivity index is 1.87. The van der Waals surface area contributed by atoms with E-state index in [1.54, 1.807) is 17.4 Å². The fourth-order valence-electron chi connectivity index (χ4n) is 3.20. The number of carbonyl (C=O) groups excluding carboxylic acids is 1. The Morgan fingerprint density at radius 3 is 2.48 bits per heavy atom. The number of likely N-dealkylation sites (N-methyl/N-ethyl adjacent to an activating group) is 1. The standard InChI is InChI=1S/C24H29N3OS/c1-4-19-12-14-21-22(18-19)29-24(25-21)27(17-16-26(5-2)6-3)23(28)15-13-20-10-8-7-9-11-20/h7-15,18H,4-6,16-17H2,1-3H3/b15-13+. The summed E-state index contributed by atoms with van der Waals surface area (Å²) < 4.78 is 1.13.